The summed E-state index contributed by atoms with van der Waals surface area (Å²) in [6.07, 6.45) is 0.251. The first-order valence-corrected chi connectivity index (χ1v) is 8.68. The monoisotopic (exact) mass is 343 g/mol. The van der Waals surface area contributed by atoms with Crippen molar-refractivity contribution in [3.05, 3.63) is 65.7 Å². The number of rotatable bonds is 7. The molecule has 0 radical (unpaired) electrons. The summed E-state index contributed by atoms with van der Waals surface area (Å²) in [4.78, 5) is 24.9. The van der Waals surface area contributed by atoms with Gasteiger partial charge in [0.05, 0.1) is 5.56 Å². The van der Waals surface area contributed by atoms with Crippen LogP contribution in [0, 0.1) is 0 Å². The Morgan fingerprint density at radius 3 is 2.29 bits per heavy atom. The molecule has 2 N–H and O–H groups in total. The van der Waals surface area contributed by atoms with Crippen molar-refractivity contribution in [2.24, 2.45) is 0 Å². The van der Waals surface area contributed by atoms with Crippen LogP contribution in [0.15, 0.2) is 59.5 Å². The minimum Gasteiger partial charge on any atom is -0.480 e. The molecule has 0 aliphatic rings. The van der Waals surface area contributed by atoms with Crippen LogP contribution in [0.5, 0.6) is 0 Å². The molecule has 0 aliphatic heterocycles. The highest BCUT2D eigenvalue weighted by Gasteiger charge is 2.22. The maximum Gasteiger partial charge on any atom is 0.326 e. The number of carbonyl (C=O) groups excluding carboxylic acids is 1. The molecule has 0 saturated heterocycles. The molecule has 126 valence electrons. The summed E-state index contributed by atoms with van der Waals surface area (Å²) in [5.74, 6) is -1.40. The Balaban J connectivity index is 2.15. The van der Waals surface area contributed by atoms with Crippen molar-refractivity contribution in [2.45, 2.75) is 36.5 Å². The average molecular weight is 343 g/mol. The molecule has 0 heterocycles. The number of amides is 1. The zero-order chi connectivity index (χ0) is 17.5. The zero-order valence-corrected chi connectivity index (χ0v) is 14.5. The fourth-order valence-electron chi connectivity index (χ4n) is 2.30. The van der Waals surface area contributed by atoms with E-state index in [0.29, 0.717) is 10.8 Å². The summed E-state index contributed by atoms with van der Waals surface area (Å²) in [5, 5.41) is 12.4. The first-order chi connectivity index (χ1) is 11.5. The molecule has 0 aliphatic carbocycles. The fraction of sp³-hybridized carbons (Fsp3) is 0.263. The zero-order valence-electron chi connectivity index (χ0n) is 13.7. The third-order valence-corrected chi connectivity index (χ3v) is 4.46. The molecule has 2 rings (SSSR count). The van der Waals surface area contributed by atoms with Gasteiger partial charge in [0.25, 0.3) is 5.91 Å². The van der Waals surface area contributed by atoms with E-state index in [1.54, 1.807) is 23.9 Å². The van der Waals surface area contributed by atoms with E-state index in [-0.39, 0.29) is 12.3 Å². The molecule has 1 amide bonds. The first kappa shape index (κ1) is 18.1. The third kappa shape index (κ3) is 5.13. The normalized spacial score (nSPS) is 12.0. The molecule has 0 saturated carbocycles. The predicted octanol–water partition coefficient (Wildman–Crippen LogP) is 3.61. The van der Waals surface area contributed by atoms with Crippen molar-refractivity contribution in [3.8, 4) is 0 Å². The van der Waals surface area contributed by atoms with E-state index in [1.165, 1.54) is 0 Å². The van der Waals surface area contributed by atoms with Crippen molar-refractivity contribution in [1.29, 1.82) is 0 Å². The lowest BCUT2D eigenvalue weighted by molar-refractivity contribution is -0.139. The number of carboxylic acids is 1. The van der Waals surface area contributed by atoms with Gasteiger partial charge in [-0.25, -0.2) is 4.79 Å². The van der Waals surface area contributed by atoms with Gasteiger partial charge in [0.15, 0.2) is 0 Å². The molecule has 5 heteroatoms. The smallest absolute Gasteiger partial charge is 0.326 e. The van der Waals surface area contributed by atoms with Crippen molar-refractivity contribution >= 4 is 23.6 Å². The number of aliphatic carboxylic acids is 1. The Labute approximate surface area is 146 Å². The molecule has 0 bridgehead atoms. The lowest BCUT2D eigenvalue weighted by Crippen LogP contribution is -2.42. The SMILES string of the molecule is CC(C)Sc1ccccc1C(=O)NC(Cc1ccccc1)C(=O)O. The van der Waals surface area contributed by atoms with E-state index in [2.05, 4.69) is 19.2 Å². The second kappa shape index (κ2) is 8.55. The van der Waals surface area contributed by atoms with Gasteiger partial charge in [0.1, 0.15) is 6.04 Å². The number of carbonyl (C=O) groups is 2. The Morgan fingerprint density at radius 2 is 1.67 bits per heavy atom. The standard InChI is InChI=1S/C19H21NO3S/c1-13(2)24-17-11-7-6-10-15(17)18(21)20-16(19(22)23)12-14-8-4-3-5-9-14/h3-11,13,16H,12H2,1-2H3,(H,20,21)(H,22,23). The molecule has 0 fully saturated rings. The molecular formula is C19H21NO3S. The van der Waals surface area contributed by atoms with Gasteiger partial charge in [-0.2, -0.15) is 0 Å². The summed E-state index contributed by atoms with van der Waals surface area (Å²) >= 11 is 1.58. The molecule has 1 unspecified atom stereocenters. The van der Waals surface area contributed by atoms with E-state index in [1.807, 2.05) is 42.5 Å². The summed E-state index contributed by atoms with van der Waals surface area (Å²) in [6.45, 7) is 4.10. The number of carboxylic acid groups (broad SMARTS) is 1. The van der Waals surface area contributed by atoms with Gasteiger partial charge >= 0.3 is 5.97 Å². The van der Waals surface area contributed by atoms with Crippen LogP contribution in [0.4, 0.5) is 0 Å². The van der Waals surface area contributed by atoms with Gasteiger partial charge < -0.3 is 10.4 Å². The van der Waals surface area contributed by atoms with Crippen molar-refractivity contribution in [3.63, 3.8) is 0 Å². The van der Waals surface area contributed by atoms with Gasteiger partial charge in [0, 0.05) is 16.6 Å². The Bertz CT molecular complexity index is 701. The summed E-state index contributed by atoms with van der Waals surface area (Å²) < 4.78 is 0. The fourth-order valence-corrected chi connectivity index (χ4v) is 3.25. The Hall–Kier alpha value is -2.27. The highest BCUT2D eigenvalue weighted by Crippen LogP contribution is 2.26. The summed E-state index contributed by atoms with van der Waals surface area (Å²) in [7, 11) is 0. The number of benzene rings is 2. The lowest BCUT2D eigenvalue weighted by atomic mass is 10.1. The van der Waals surface area contributed by atoms with Crippen LogP contribution < -0.4 is 5.32 Å². The molecule has 24 heavy (non-hydrogen) atoms. The van der Waals surface area contributed by atoms with Crippen molar-refractivity contribution in [1.82, 2.24) is 5.32 Å². The van der Waals surface area contributed by atoms with E-state index in [9.17, 15) is 14.7 Å². The largest absolute Gasteiger partial charge is 0.480 e. The van der Waals surface area contributed by atoms with E-state index in [4.69, 9.17) is 0 Å². The van der Waals surface area contributed by atoms with Crippen LogP contribution in [0.2, 0.25) is 0 Å². The molecule has 2 aromatic carbocycles. The van der Waals surface area contributed by atoms with Crippen molar-refractivity contribution < 1.29 is 14.7 Å². The van der Waals surface area contributed by atoms with E-state index < -0.39 is 12.0 Å². The molecule has 0 spiro atoms. The van der Waals surface area contributed by atoms with Crippen LogP contribution >= 0.6 is 11.8 Å². The maximum absolute atomic E-state index is 12.6. The van der Waals surface area contributed by atoms with Gasteiger partial charge in [-0.15, -0.1) is 11.8 Å². The van der Waals surface area contributed by atoms with Gasteiger partial charge in [0.2, 0.25) is 0 Å². The molecule has 0 aromatic heterocycles. The third-order valence-electron chi connectivity index (χ3n) is 3.38. The Morgan fingerprint density at radius 1 is 1.04 bits per heavy atom. The average Bonchev–Trinajstić information content (AvgIpc) is 2.55. The number of hydrogen-bond donors (Lipinski definition) is 2. The highest BCUT2D eigenvalue weighted by molar-refractivity contribution is 8.00. The second-order valence-corrected chi connectivity index (χ2v) is 7.34. The van der Waals surface area contributed by atoms with E-state index >= 15 is 0 Å². The second-order valence-electron chi connectivity index (χ2n) is 5.72. The van der Waals surface area contributed by atoms with Crippen LogP contribution in [-0.4, -0.2) is 28.3 Å². The van der Waals surface area contributed by atoms with Gasteiger partial charge in [-0.1, -0.05) is 56.3 Å². The quantitative estimate of drug-likeness (QED) is 0.754. The van der Waals surface area contributed by atoms with Crippen molar-refractivity contribution in [2.75, 3.05) is 0 Å². The molecule has 4 nitrogen and oxygen atoms in total. The minimum absolute atomic E-state index is 0.251. The Kier molecular flexibility index (Phi) is 6.44. The molecule has 1 atom stereocenters. The molecule has 2 aromatic rings. The summed E-state index contributed by atoms with van der Waals surface area (Å²) in [6, 6.07) is 15.6. The van der Waals surface area contributed by atoms with Crippen LogP contribution in [0.25, 0.3) is 0 Å². The summed E-state index contributed by atoms with van der Waals surface area (Å²) in [5.41, 5.74) is 1.38. The van der Waals surface area contributed by atoms with Gasteiger partial charge in [-0.3, -0.25) is 4.79 Å². The van der Waals surface area contributed by atoms with Crippen LogP contribution in [0.1, 0.15) is 29.8 Å². The number of thioether (sulfide) groups is 1. The molecular weight excluding hydrogens is 322 g/mol. The van der Waals surface area contributed by atoms with Crippen LogP contribution in [0.3, 0.4) is 0 Å². The van der Waals surface area contributed by atoms with Gasteiger partial charge in [-0.05, 0) is 17.7 Å². The first-order valence-electron chi connectivity index (χ1n) is 7.80. The minimum atomic E-state index is -1.04. The van der Waals surface area contributed by atoms with Crippen LogP contribution in [-0.2, 0) is 11.2 Å². The lowest BCUT2D eigenvalue weighted by Gasteiger charge is -2.16. The predicted molar refractivity (Wildman–Crippen MR) is 96.5 cm³/mol. The number of nitrogens with one attached hydrogen (secondary N) is 1. The topological polar surface area (TPSA) is 66.4 Å². The number of hydrogen-bond acceptors (Lipinski definition) is 3. The highest BCUT2D eigenvalue weighted by atomic mass is 32.2. The maximum atomic E-state index is 12.6. The van der Waals surface area contributed by atoms with E-state index in [0.717, 1.165) is 10.5 Å².